The fourth-order valence-electron chi connectivity index (χ4n) is 2.28. The normalized spacial score (nSPS) is 15.7. The molecule has 1 aromatic heterocycles. The van der Waals surface area contributed by atoms with E-state index in [9.17, 15) is 0 Å². The highest BCUT2D eigenvalue weighted by Crippen LogP contribution is 2.32. The summed E-state index contributed by atoms with van der Waals surface area (Å²) in [5.74, 6) is 0.886. The van der Waals surface area contributed by atoms with Crippen molar-refractivity contribution in [1.29, 1.82) is 0 Å². The summed E-state index contributed by atoms with van der Waals surface area (Å²) >= 11 is 5.17. The molecule has 2 aromatic rings. The number of hydrogen-bond acceptors (Lipinski definition) is 4. The number of oxime groups is 1. The van der Waals surface area contributed by atoms with Crippen molar-refractivity contribution in [2.75, 3.05) is 0 Å². The van der Waals surface area contributed by atoms with E-state index in [1.54, 1.807) is 11.3 Å². The third kappa shape index (κ3) is 2.40. The van der Waals surface area contributed by atoms with E-state index in [0.717, 1.165) is 39.9 Å². The molecule has 0 radical (unpaired) electrons. The zero-order chi connectivity index (χ0) is 13.2. The van der Waals surface area contributed by atoms with Crippen LogP contribution in [0, 0.1) is 0 Å². The highest BCUT2D eigenvalue weighted by atomic mass is 79.9. The second kappa shape index (κ2) is 5.35. The number of hydrogen-bond donors (Lipinski definition) is 1. The van der Waals surface area contributed by atoms with E-state index in [-0.39, 0.29) is 0 Å². The molecule has 1 aliphatic rings. The van der Waals surface area contributed by atoms with Gasteiger partial charge in [-0.25, -0.2) is 0 Å². The molecule has 0 amide bonds. The first-order valence-corrected chi connectivity index (χ1v) is 7.64. The number of halogens is 1. The fourth-order valence-corrected chi connectivity index (χ4v) is 3.66. The number of fused-ring (bicyclic) bond motifs is 1. The molecular formula is C14H12BrNO2S. The van der Waals surface area contributed by atoms with E-state index in [2.05, 4.69) is 21.1 Å². The van der Waals surface area contributed by atoms with Crippen LogP contribution in [0.15, 0.2) is 39.3 Å². The van der Waals surface area contributed by atoms with Gasteiger partial charge < -0.3 is 9.94 Å². The average Bonchev–Trinajstić information content (AvgIpc) is 3.02. The molecule has 0 saturated heterocycles. The minimum absolute atomic E-state index is 0.556. The van der Waals surface area contributed by atoms with Crippen molar-refractivity contribution in [3.63, 3.8) is 0 Å². The summed E-state index contributed by atoms with van der Waals surface area (Å²) in [5.41, 5.74) is 2.89. The number of thiophene rings is 1. The predicted molar refractivity (Wildman–Crippen MR) is 79.4 cm³/mol. The van der Waals surface area contributed by atoms with Crippen molar-refractivity contribution in [2.45, 2.75) is 19.4 Å². The molecule has 19 heavy (non-hydrogen) atoms. The molecule has 1 aliphatic carbocycles. The van der Waals surface area contributed by atoms with E-state index in [0.29, 0.717) is 6.61 Å². The Balaban J connectivity index is 1.83. The molecule has 5 heteroatoms. The van der Waals surface area contributed by atoms with Crippen molar-refractivity contribution in [3.8, 4) is 5.75 Å². The molecule has 1 aromatic carbocycles. The summed E-state index contributed by atoms with van der Waals surface area (Å²) in [5, 5.41) is 14.3. The molecule has 1 N–H and O–H groups in total. The third-order valence-electron chi connectivity index (χ3n) is 3.23. The molecule has 3 nitrogen and oxygen atoms in total. The van der Waals surface area contributed by atoms with Crippen LogP contribution in [-0.2, 0) is 13.0 Å². The molecular weight excluding hydrogens is 326 g/mol. The maximum Gasteiger partial charge on any atom is 0.124 e. The standard InChI is InChI=1S/C14H12BrNO2S/c15-11-6-7-19-14(11)8-18-13-3-1-2-9-10(13)4-5-12(9)16-17/h1-3,6-7,17H,4-5,8H2. The maximum absolute atomic E-state index is 8.96. The summed E-state index contributed by atoms with van der Waals surface area (Å²) in [6, 6.07) is 7.91. The van der Waals surface area contributed by atoms with E-state index >= 15 is 0 Å². The zero-order valence-corrected chi connectivity index (χ0v) is 12.5. The van der Waals surface area contributed by atoms with Crippen LogP contribution in [0.25, 0.3) is 0 Å². The average molecular weight is 338 g/mol. The Morgan fingerprint density at radius 2 is 2.21 bits per heavy atom. The van der Waals surface area contributed by atoms with Crippen LogP contribution in [0.1, 0.15) is 22.4 Å². The summed E-state index contributed by atoms with van der Waals surface area (Å²) in [7, 11) is 0. The van der Waals surface area contributed by atoms with Gasteiger partial charge in [0.25, 0.3) is 0 Å². The van der Waals surface area contributed by atoms with Crippen molar-refractivity contribution < 1.29 is 9.94 Å². The van der Waals surface area contributed by atoms with Gasteiger partial charge in [0.15, 0.2) is 0 Å². The second-order valence-electron chi connectivity index (χ2n) is 4.31. The van der Waals surface area contributed by atoms with Gasteiger partial charge in [-0.1, -0.05) is 17.3 Å². The lowest BCUT2D eigenvalue weighted by Crippen LogP contribution is -1.98. The van der Waals surface area contributed by atoms with Gasteiger partial charge in [0.1, 0.15) is 12.4 Å². The zero-order valence-electron chi connectivity index (χ0n) is 10.1. The molecule has 0 unspecified atom stereocenters. The topological polar surface area (TPSA) is 41.8 Å². The lowest BCUT2D eigenvalue weighted by Gasteiger charge is -2.10. The van der Waals surface area contributed by atoms with Gasteiger partial charge in [-0.15, -0.1) is 11.3 Å². The summed E-state index contributed by atoms with van der Waals surface area (Å²) < 4.78 is 7.00. The monoisotopic (exact) mass is 337 g/mol. The van der Waals surface area contributed by atoms with Crippen LogP contribution in [0.5, 0.6) is 5.75 Å². The van der Waals surface area contributed by atoms with Crippen LogP contribution < -0.4 is 4.74 Å². The van der Waals surface area contributed by atoms with Crippen molar-refractivity contribution >= 4 is 33.0 Å². The van der Waals surface area contributed by atoms with Crippen LogP contribution in [0.2, 0.25) is 0 Å². The molecule has 0 bridgehead atoms. The van der Waals surface area contributed by atoms with Crippen molar-refractivity contribution in [1.82, 2.24) is 0 Å². The van der Waals surface area contributed by atoms with Crippen molar-refractivity contribution in [2.24, 2.45) is 5.16 Å². The summed E-state index contributed by atoms with van der Waals surface area (Å²) in [6.45, 7) is 0.556. The summed E-state index contributed by atoms with van der Waals surface area (Å²) in [4.78, 5) is 1.17. The molecule has 0 atom stereocenters. The predicted octanol–water partition coefficient (Wildman–Crippen LogP) is 4.21. The summed E-state index contributed by atoms with van der Waals surface area (Å²) in [6.07, 6.45) is 1.64. The molecule has 3 rings (SSSR count). The highest BCUT2D eigenvalue weighted by molar-refractivity contribution is 9.10. The Kier molecular flexibility index (Phi) is 3.57. The SMILES string of the molecule is ON=C1CCc2c(OCc3sccc3Br)cccc21. The first kappa shape index (κ1) is 12.7. The Hall–Kier alpha value is -1.33. The number of nitrogens with zero attached hydrogens (tertiary/aromatic N) is 1. The van der Waals surface area contributed by atoms with E-state index in [4.69, 9.17) is 9.94 Å². The van der Waals surface area contributed by atoms with Gasteiger partial charge in [0.05, 0.1) is 10.6 Å². The minimum atomic E-state index is 0.556. The lowest BCUT2D eigenvalue weighted by atomic mass is 10.1. The number of benzene rings is 1. The van der Waals surface area contributed by atoms with E-state index < -0.39 is 0 Å². The smallest absolute Gasteiger partial charge is 0.124 e. The highest BCUT2D eigenvalue weighted by Gasteiger charge is 2.21. The van der Waals surface area contributed by atoms with Crippen molar-refractivity contribution in [3.05, 3.63) is 50.1 Å². The second-order valence-corrected chi connectivity index (χ2v) is 6.16. The molecule has 1 heterocycles. The first-order chi connectivity index (χ1) is 9.29. The number of ether oxygens (including phenoxy) is 1. The van der Waals surface area contributed by atoms with Gasteiger partial charge in [-0.05, 0) is 46.3 Å². The van der Waals surface area contributed by atoms with Gasteiger partial charge >= 0.3 is 0 Å². The van der Waals surface area contributed by atoms with Gasteiger partial charge in [0, 0.05) is 15.6 Å². The minimum Gasteiger partial charge on any atom is -0.488 e. The van der Waals surface area contributed by atoms with Crippen LogP contribution in [-0.4, -0.2) is 10.9 Å². The molecule has 98 valence electrons. The van der Waals surface area contributed by atoms with Crippen LogP contribution in [0.3, 0.4) is 0 Å². The Morgan fingerprint density at radius 1 is 1.32 bits per heavy atom. The van der Waals surface area contributed by atoms with Crippen LogP contribution >= 0.6 is 27.3 Å². The molecule has 0 aliphatic heterocycles. The molecule has 0 saturated carbocycles. The Labute approximate surface area is 123 Å². The quantitative estimate of drug-likeness (QED) is 0.673. The van der Waals surface area contributed by atoms with Crippen LogP contribution in [0.4, 0.5) is 0 Å². The van der Waals surface area contributed by atoms with E-state index in [1.165, 1.54) is 4.88 Å². The van der Waals surface area contributed by atoms with E-state index in [1.807, 2.05) is 29.6 Å². The molecule has 0 fully saturated rings. The fraction of sp³-hybridized carbons (Fsp3) is 0.214. The lowest BCUT2D eigenvalue weighted by molar-refractivity contribution is 0.306. The maximum atomic E-state index is 8.96. The van der Waals surface area contributed by atoms with Gasteiger partial charge in [-0.2, -0.15) is 0 Å². The molecule has 0 spiro atoms. The van der Waals surface area contributed by atoms with Gasteiger partial charge in [0.2, 0.25) is 0 Å². The third-order valence-corrected chi connectivity index (χ3v) is 5.13. The largest absolute Gasteiger partial charge is 0.488 e. The Bertz CT molecular complexity index is 636. The van der Waals surface area contributed by atoms with Gasteiger partial charge in [-0.3, -0.25) is 0 Å². The first-order valence-electron chi connectivity index (χ1n) is 5.97. The number of rotatable bonds is 3. The Morgan fingerprint density at radius 3 is 2.95 bits per heavy atom.